The van der Waals surface area contributed by atoms with Gasteiger partial charge in [-0.1, -0.05) is 0 Å². The lowest BCUT2D eigenvalue weighted by Crippen LogP contribution is -2.16. The zero-order valence-corrected chi connectivity index (χ0v) is 11.9. The Bertz CT molecular complexity index is 708. The van der Waals surface area contributed by atoms with Crippen LogP contribution in [0, 0.1) is 0 Å². The minimum atomic E-state index is -3.81. The summed E-state index contributed by atoms with van der Waals surface area (Å²) in [7, 11) is -1.97. The number of hydrogen-bond donors (Lipinski definition) is 3. The summed E-state index contributed by atoms with van der Waals surface area (Å²) < 4.78 is 24.7. The van der Waals surface area contributed by atoms with E-state index in [2.05, 4.69) is 10.4 Å². The van der Waals surface area contributed by atoms with Crippen LogP contribution in [0.25, 0.3) is 0 Å². The van der Waals surface area contributed by atoms with Crippen molar-refractivity contribution in [2.45, 2.75) is 11.3 Å². The standard InChI is InChI=1S/C12H17N5O2S/c1-17-7-5-10(16-17)4-6-15-11-3-2-9(13)8-12(11)20(14,18)19/h2-3,5,7-8,15H,4,6,13H2,1H3,(H2,14,18,19). The van der Waals surface area contributed by atoms with Crippen LogP contribution >= 0.6 is 0 Å². The fourth-order valence-corrected chi connectivity index (χ4v) is 2.59. The normalized spacial score (nSPS) is 11.5. The fourth-order valence-electron chi connectivity index (χ4n) is 1.84. The Balaban J connectivity index is 2.10. The number of primary sulfonamides is 1. The van der Waals surface area contributed by atoms with Crippen LogP contribution in [0.5, 0.6) is 0 Å². The topological polar surface area (TPSA) is 116 Å². The number of nitrogens with one attached hydrogen (secondary N) is 1. The molecule has 0 bridgehead atoms. The molecule has 7 nitrogen and oxygen atoms in total. The molecule has 20 heavy (non-hydrogen) atoms. The molecule has 0 aliphatic carbocycles. The molecule has 108 valence electrons. The third kappa shape index (κ3) is 3.49. The van der Waals surface area contributed by atoms with Crippen molar-refractivity contribution in [1.82, 2.24) is 9.78 Å². The molecule has 1 aromatic carbocycles. The van der Waals surface area contributed by atoms with Crippen molar-refractivity contribution < 1.29 is 8.42 Å². The average Bonchev–Trinajstić information content (AvgIpc) is 2.76. The second kappa shape index (κ2) is 5.51. The van der Waals surface area contributed by atoms with Gasteiger partial charge in [0, 0.05) is 31.9 Å². The van der Waals surface area contributed by atoms with Crippen LogP contribution in [-0.4, -0.2) is 24.7 Å². The van der Waals surface area contributed by atoms with Gasteiger partial charge in [0.2, 0.25) is 10.0 Å². The van der Waals surface area contributed by atoms with Gasteiger partial charge in [-0.05, 0) is 24.3 Å². The third-order valence-electron chi connectivity index (χ3n) is 2.78. The zero-order chi connectivity index (χ0) is 14.8. The minimum absolute atomic E-state index is 0.00137. The third-order valence-corrected chi connectivity index (χ3v) is 3.73. The van der Waals surface area contributed by atoms with Crippen molar-refractivity contribution in [2.24, 2.45) is 12.2 Å². The number of benzene rings is 1. The van der Waals surface area contributed by atoms with Crippen LogP contribution in [0.4, 0.5) is 11.4 Å². The summed E-state index contributed by atoms with van der Waals surface area (Å²) in [6.07, 6.45) is 2.53. The summed E-state index contributed by atoms with van der Waals surface area (Å²) in [5, 5.41) is 12.5. The Labute approximate surface area is 117 Å². The lowest BCUT2D eigenvalue weighted by atomic mass is 10.2. The van der Waals surface area contributed by atoms with Gasteiger partial charge < -0.3 is 11.1 Å². The van der Waals surface area contributed by atoms with Gasteiger partial charge in [0.1, 0.15) is 4.90 Å². The predicted octanol–water partition coefficient (Wildman–Crippen LogP) is 0.304. The SMILES string of the molecule is Cn1ccc(CCNc2ccc(N)cc2S(N)(=O)=O)n1. The number of nitrogens with zero attached hydrogens (tertiary/aromatic N) is 2. The van der Waals surface area contributed by atoms with E-state index in [1.807, 2.05) is 19.3 Å². The summed E-state index contributed by atoms with van der Waals surface area (Å²) >= 11 is 0. The highest BCUT2D eigenvalue weighted by Crippen LogP contribution is 2.22. The van der Waals surface area contributed by atoms with Gasteiger partial charge in [-0.3, -0.25) is 4.68 Å². The predicted molar refractivity (Wildman–Crippen MR) is 77.6 cm³/mol. The fraction of sp³-hybridized carbons (Fsp3) is 0.250. The van der Waals surface area contributed by atoms with Crippen LogP contribution in [0.3, 0.4) is 0 Å². The molecule has 2 rings (SSSR count). The number of rotatable bonds is 5. The monoisotopic (exact) mass is 295 g/mol. The van der Waals surface area contributed by atoms with E-state index < -0.39 is 10.0 Å². The van der Waals surface area contributed by atoms with Gasteiger partial charge in [0.25, 0.3) is 0 Å². The molecule has 5 N–H and O–H groups in total. The quantitative estimate of drug-likeness (QED) is 0.686. The molecule has 1 aromatic heterocycles. The molecule has 8 heteroatoms. The molecule has 0 amide bonds. The molecular formula is C12H17N5O2S. The molecular weight excluding hydrogens is 278 g/mol. The van der Waals surface area contributed by atoms with Crippen molar-refractivity contribution in [3.8, 4) is 0 Å². The van der Waals surface area contributed by atoms with Gasteiger partial charge in [-0.2, -0.15) is 5.10 Å². The van der Waals surface area contributed by atoms with Crippen molar-refractivity contribution in [2.75, 3.05) is 17.6 Å². The van der Waals surface area contributed by atoms with E-state index in [1.165, 1.54) is 6.07 Å². The minimum Gasteiger partial charge on any atom is -0.399 e. The van der Waals surface area contributed by atoms with Crippen molar-refractivity contribution in [3.63, 3.8) is 0 Å². The number of nitrogens with two attached hydrogens (primary N) is 2. The van der Waals surface area contributed by atoms with Crippen LogP contribution in [0.2, 0.25) is 0 Å². The molecule has 1 heterocycles. The van der Waals surface area contributed by atoms with Crippen molar-refractivity contribution >= 4 is 21.4 Å². The first-order chi connectivity index (χ1) is 9.36. The average molecular weight is 295 g/mol. The van der Waals surface area contributed by atoms with Crippen LogP contribution in [-0.2, 0) is 23.5 Å². The van der Waals surface area contributed by atoms with Gasteiger partial charge in [-0.15, -0.1) is 0 Å². The highest BCUT2D eigenvalue weighted by Gasteiger charge is 2.14. The van der Waals surface area contributed by atoms with Gasteiger partial charge in [-0.25, -0.2) is 13.6 Å². The van der Waals surface area contributed by atoms with Gasteiger partial charge >= 0.3 is 0 Å². The molecule has 0 saturated carbocycles. The smallest absolute Gasteiger partial charge is 0.240 e. The lowest BCUT2D eigenvalue weighted by Gasteiger charge is -2.10. The first-order valence-electron chi connectivity index (χ1n) is 6.01. The summed E-state index contributed by atoms with van der Waals surface area (Å²) in [6.45, 7) is 0.545. The molecule has 2 aromatic rings. The van der Waals surface area contributed by atoms with Crippen LogP contribution in [0.1, 0.15) is 5.69 Å². The summed E-state index contributed by atoms with van der Waals surface area (Å²) in [4.78, 5) is -0.00137. The van der Waals surface area contributed by atoms with E-state index in [0.29, 0.717) is 24.3 Å². The van der Waals surface area contributed by atoms with E-state index in [-0.39, 0.29) is 4.90 Å². The number of nitrogen functional groups attached to an aromatic ring is 1. The van der Waals surface area contributed by atoms with Gasteiger partial charge in [0.15, 0.2) is 0 Å². The van der Waals surface area contributed by atoms with E-state index in [4.69, 9.17) is 10.9 Å². The second-order valence-corrected chi connectivity index (χ2v) is 5.99. The zero-order valence-electron chi connectivity index (χ0n) is 11.1. The van der Waals surface area contributed by atoms with E-state index in [1.54, 1.807) is 16.8 Å². The Morgan fingerprint density at radius 3 is 2.70 bits per heavy atom. The van der Waals surface area contributed by atoms with E-state index >= 15 is 0 Å². The number of aryl methyl sites for hydroxylation is 1. The van der Waals surface area contributed by atoms with E-state index in [0.717, 1.165) is 5.69 Å². The largest absolute Gasteiger partial charge is 0.399 e. The molecule has 0 aliphatic rings. The Hall–Kier alpha value is -2.06. The molecule has 0 fully saturated rings. The van der Waals surface area contributed by atoms with Crippen molar-refractivity contribution in [1.29, 1.82) is 0 Å². The maximum atomic E-state index is 11.5. The van der Waals surface area contributed by atoms with Crippen molar-refractivity contribution in [3.05, 3.63) is 36.2 Å². The maximum Gasteiger partial charge on any atom is 0.240 e. The highest BCUT2D eigenvalue weighted by molar-refractivity contribution is 7.89. The van der Waals surface area contributed by atoms with E-state index in [9.17, 15) is 8.42 Å². The molecule has 0 radical (unpaired) electrons. The second-order valence-electron chi connectivity index (χ2n) is 4.46. The summed E-state index contributed by atoms with van der Waals surface area (Å²) in [5.41, 5.74) is 7.30. The molecule has 0 spiro atoms. The Kier molecular flexibility index (Phi) is 3.96. The summed E-state index contributed by atoms with van der Waals surface area (Å²) in [5.74, 6) is 0. The number of anilines is 2. The molecule has 0 unspecified atom stereocenters. The van der Waals surface area contributed by atoms with Crippen LogP contribution in [0.15, 0.2) is 35.4 Å². The lowest BCUT2D eigenvalue weighted by molar-refractivity contribution is 0.598. The summed E-state index contributed by atoms with van der Waals surface area (Å²) in [6, 6.07) is 6.48. The molecule has 0 atom stereocenters. The Morgan fingerprint density at radius 1 is 1.35 bits per heavy atom. The number of aromatic nitrogens is 2. The van der Waals surface area contributed by atoms with Crippen LogP contribution < -0.4 is 16.2 Å². The Morgan fingerprint density at radius 2 is 2.10 bits per heavy atom. The first-order valence-corrected chi connectivity index (χ1v) is 7.55. The highest BCUT2D eigenvalue weighted by atomic mass is 32.2. The number of sulfonamides is 1. The number of hydrogen-bond acceptors (Lipinski definition) is 5. The molecule has 0 saturated heterocycles. The molecule has 0 aliphatic heterocycles. The maximum absolute atomic E-state index is 11.5. The van der Waals surface area contributed by atoms with Gasteiger partial charge in [0.05, 0.1) is 11.4 Å². The first kappa shape index (κ1) is 14.4.